The molecule has 2 aromatic rings. The van der Waals surface area contributed by atoms with Crippen molar-refractivity contribution in [3.8, 4) is 11.8 Å². The van der Waals surface area contributed by atoms with Gasteiger partial charge in [-0.2, -0.15) is 5.26 Å². The van der Waals surface area contributed by atoms with E-state index >= 15 is 0 Å². The van der Waals surface area contributed by atoms with E-state index in [-0.39, 0.29) is 5.91 Å². The van der Waals surface area contributed by atoms with Crippen LogP contribution in [-0.4, -0.2) is 48.0 Å². The maximum atomic E-state index is 12.6. The molecule has 0 saturated carbocycles. The number of hydrogen-bond acceptors (Lipinski definition) is 4. The second-order valence-electron chi connectivity index (χ2n) is 6.48. The highest BCUT2D eigenvalue weighted by Crippen LogP contribution is 2.14. The molecule has 1 amide bonds. The molecule has 3 rings (SSSR count). The highest BCUT2D eigenvalue weighted by atomic mass is 16.5. The summed E-state index contributed by atoms with van der Waals surface area (Å²) in [6.07, 6.45) is -0.484. The van der Waals surface area contributed by atoms with E-state index in [2.05, 4.69) is 11.0 Å². The van der Waals surface area contributed by atoms with Crippen LogP contribution in [0.15, 0.2) is 54.6 Å². The number of hydrogen-bond donors (Lipinski definition) is 0. The first kappa shape index (κ1) is 18.0. The van der Waals surface area contributed by atoms with Crippen LogP contribution in [0, 0.1) is 11.3 Å². The molecule has 1 heterocycles. The molecule has 1 unspecified atom stereocenters. The van der Waals surface area contributed by atoms with Gasteiger partial charge in [-0.15, -0.1) is 0 Å². The Morgan fingerprint density at radius 2 is 1.73 bits per heavy atom. The van der Waals surface area contributed by atoms with Gasteiger partial charge in [-0.25, -0.2) is 0 Å². The first-order chi connectivity index (χ1) is 12.7. The van der Waals surface area contributed by atoms with Crippen LogP contribution in [0.4, 0.5) is 0 Å². The van der Waals surface area contributed by atoms with Crippen molar-refractivity contribution in [1.29, 1.82) is 5.26 Å². The number of carbonyl (C=O) groups excluding carboxylic acids is 1. The summed E-state index contributed by atoms with van der Waals surface area (Å²) in [7, 11) is 0. The van der Waals surface area contributed by atoms with Crippen LogP contribution in [0.3, 0.4) is 0 Å². The molecule has 0 aliphatic carbocycles. The van der Waals surface area contributed by atoms with Crippen molar-refractivity contribution >= 4 is 5.91 Å². The van der Waals surface area contributed by atoms with Crippen molar-refractivity contribution in [2.75, 3.05) is 26.2 Å². The zero-order valence-corrected chi connectivity index (χ0v) is 15.0. The Labute approximate surface area is 154 Å². The fourth-order valence-electron chi connectivity index (χ4n) is 3.08. The van der Waals surface area contributed by atoms with E-state index in [0.717, 1.165) is 19.6 Å². The third kappa shape index (κ3) is 4.62. The van der Waals surface area contributed by atoms with Crippen molar-refractivity contribution in [2.24, 2.45) is 0 Å². The van der Waals surface area contributed by atoms with Crippen LogP contribution in [-0.2, 0) is 11.3 Å². The summed E-state index contributed by atoms with van der Waals surface area (Å²) < 4.78 is 5.74. The lowest BCUT2D eigenvalue weighted by Crippen LogP contribution is -2.51. The zero-order chi connectivity index (χ0) is 18.4. The normalized spacial score (nSPS) is 15.9. The summed E-state index contributed by atoms with van der Waals surface area (Å²) in [5.74, 6) is 0.750. The van der Waals surface area contributed by atoms with E-state index in [9.17, 15) is 4.79 Å². The van der Waals surface area contributed by atoms with Crippen LogP contribution in [0.25, 0.3) is 0 Å². The molecule has 1 aliphatic rings. The van der Waals surface area contributed by atoms with Gasteiger partial charge in [-0.1, -0.05) is 30.3 Å². The first-order valence-electron chi connectivity index (χ1n) is 8.87. The van der Waals surface area contributed by atoms with Gasteiger partial charge in [0.15, 0.2) is 6.10 Å². The molecule has 0 spiro atoms. The van der Waals surface area contributed by atoms with Gasteiger partial charge in [0.1, 0.15) is 5.75 Å². The summed E-state index contributed by atoms with van der Waals surface area (Å²) >= 11 is 0. The van der Waals surface area contributed by atoms with Crippen molar-refractivity contribution in [2.45, 2.75) is 19.6 Å². The number of rotatable bonds is 5. The third-order valence-corrected chi connectivity index (χ3v) is 4.58. The monoisotopic (exact) mass is 349 g/mol. The molecule has 5 heteroatoms. The van der Waals surface area contributed by atoms with E-state index in [1.807, 2.05) is 59.5 Å². The van der Waals surface area contributed by atoms with Crippen LogP contribution in [0.1, 0.15) is 18.1 Å². The Balaban J connectivity index is 1.48. The summed E-state index contributed by atoms with van der Waals surface area (Å²) in [6, 6.07) is 19.2. The van der Waals surface area contributed by atoms with Gasteiger partial charge < -0.3 is 9.64 Å². The second kappa shape index (κ2) is 8.50. The molecule has 2 aromatic carbocycles. The highest BCUT2D eigenvalue weighted by molar-refractivity contribution is 5.81. The average Bonchev–Trinajstić information content (AvgIpc) is 2.69. The minimum absolute atomic E-state index is 0.0341. The predicted molar refractivity (Wildman–Crippen MR) is 99.5 cm³/mol. The third-order valence-electron chi connectivity index (χ3n) is 4.58. The van der Waals surface area contributed by atoms with Gasteiger partial charge in [-0.05, 0) is 36.8 Å². The molecular formula is C21H23N3O2. The van der Waals surface area contributed by atoms with E-state index in [4.69, 9.17) is 10.00 Å². The largest absolute Gasteiger partial charge is 0.481 e. The van der Waals surface area contributed by atoms with Gasteiger partial charge in [0.05, 0.1) is 11.6 Å². The Morgan fingerprint density at radius 3 is 2.35 bits per heavy atom. The maximum Gasteiger partial charge on any atom is 0.263 e. The van der Waals surface area contributed by atoms with E-state index in [0.29, 0.717) is 24.4 Å². The lowest BCUT2D eigenvalue weighted by molar-refractivity contribution is -0.139. The Hall–Kier alpha value is -2.84. The van der Waals surface area contributed by atoms with Crippen molar-refractivity contribution < 1.29 is 9.53 Å². The van der Waals surface area contributed by atoms with Gasteiger partial charge in [0, 0.05) is 32.7 Å². The lowest BCUT2D eigenvalue weighted by atomic mass is 10.1. The number of nitrogens with zero attached hydrogens (tertiary/aromatic N) is 3. The highest BCUT2D eigenvalue weighted by Gasteiger charge is 2.26. The Kier molecular flexibility index (Phi) is 5.88. The molecule has 1 atom stereocenters. The minimum Gasteiger partial charge on any atom is -0.481 e. The number of benzene rings is 2. The molecule has 26 heavy (non-hydrogen) atoms. The topological polar surface area (TPSA) is 56.6 Å². The van der Waals surface area contributed by atoms with Crippen LogP contribution in [0.2, 0.25) is 0 Å². The fraction of sp³-hybridized carbons (Fsp3) is 0.333. The number of para-hydroxylation sites is 1. The summed E-state index contributed by atoms with van der Waals surface area (Å²) in [4.78, 5) is 16.8. The standard InChI is InChI=1S/C21H23N3O2/c1-17(26-20-5-3-2-4-6-20)21(25)24-13-11-23(12-14-24)16-19-9-7-18(15-22)8-10-19/h2-10,17H,11-14,16H2,1H3. The summed E-state index contributed by atoms with van der Waals surface area (Å²) in [6.45, 7) is 5.73. The molecule has 1 aliphatic heterocycles. The minimum atomic E-state index is -0.484. The van der Waals surface area contributed by atoms with Gasteiger partial charge in [-0.3, -0.25) is 9.69 Å². The number of piperazine rings is 1. The van der Waals surface area contributed by atoms with Gasteiger partial charge in [0.25, 0.3) is 5.91 Å². The zero-order valence-electron chi connectivity index (χ0n) is 15.0. The summed E-state index contributed by atoms with van der Waals surface area (Å²) in [5.41, 5.74) is 1.86. The molecule has 0 aromatic heterocycles. The smallest absolute Gasteiger partial charge is 0.263 e. The van der Waals surface area contributed by atoms with Gasteiger partial charge in [0.2, 0.25) is 0 Å². The number of carbonyl (C=O) groups is 1. The molecule has 1 saturated heterocycles. The van der Waals surface area contributed by atoms with E-state index in [1.54, 1.807) is 6.92 Å². The first-order valence-corrected chi connectivity index (χ1v) is 8.87. The number of amides is 1. The Bertz CT molecular complexity index is 760. The van der Waals surface area contributed by atoms with Crippen molar-refractivity contribution in [1.82, 2.24) is 9.80 Å². The quantitative estimate of drug-likeness (QED) is 0.833. The molecule has 0 bridgehead atoms. The molecule has 5 nitrogen and oxygen atoms in total. The molecule has 0 N–H and O–H groups in total. The van der Waals surface area contributed by atoms with Crippen LogP contribution < -0.4 is 4.74 Å². The van der Waals surface area contributed by atoms with E-state index < -0.39 is 6.10 Å². The fourth-order valence-corrected chi connectivity index (χ4v) is 3.08. The summed E-state index contributed by atoms with van der Waals surface area (Å²) in [5, 5.41) is 8.86. The van der Waals surface area contributed by atoms with Gasteiger partial charge >= 0.3 is 0 Å². The van der Waals surface area contributed by atoms with Crippen LogP contribution >= 0.6 is 0 Å². The number of ether oxygens (including phenoxy) is 1. The average molecular weight is 349 g/mol. The van der Waals surface area contributed by atoms with Crippen molar-refractivity contribution in [3.63, 3.8) is 0 Å². The predicted octanol–water partition coefficient (Wildman–Crippen LogP) is 2.67. The number of nitriles is 1. The second-order valence-corrected chi connectivity index (χ2v) is 6.48. The molecule has 1 fully saturated rings. The van der Waals surface area contributed by atoms with E-state index in [1.165, 1.54) is 5.56 Å². The Morgan fingerprint density at radius 1 is 1.08 bits per heavy atom. The van der Waals surface area contributed by atoms with Crippen LogP contribution in [0.5, 0.6) is 5.75 Å². The maximum absolute atomic E-state index is 12.6. The lowest BCUT2D eigenvalue weighted by Gasteiger charge is -2.35. The SMILES string of the molecule is CC(Oc1ccccc1)C(=O)N1CCN(Cc2ccc(C#N)cc2)CC1. The van der Waals surface area contributed by atoms with Crippen molar-refractivity contribution in [3.05, 3.63) is 65.7 Å². The molecule has 0 radical (unpaired) electrons. The molecular weight excluding hydrogens is 326 g/mol. The molecule has 134 valence electrons.